The molecule has 7 nitrogen and oxygen atoms in total. The zero-order valence-corrected chi connectivity index (χ0v) is 18.4. The van der Waals surface area contributed by atoms with Crippen molar-refractivity contribution in [3.05, 3.63) is 57.6 Å². The van der Waals surface area contributed by atoms with Crippen LogP contribution in [0.2, 0.25) is 5.02 Å². The molecule has 156 valence electrons. The molecular weight excluding hydrogens is 416 g/mol. The summed E-state index contributed by atoms with van der Waals surface area (Å²) in [4.78, 5) is 24.4. The first kappa shape index (κ1) is 22.9. The van der Waals surface area contributed by atoms with Gasteiger partial charge in [-0.25, -0.2) is 17.5 Å². The summed E-state index contributed by atoms with van der Waals surface area (Å²) < 4.78 is 30.8. The van der Waals surface area contributed by atoms with Crippen LogP contribution in [0.3, 0.4) is 0 Å². The minimum absolute atomic E-state index is 0.0356. The lowest BCUT2D eigenvalue weighted by atomic mass is 10.00. The molecule has 0 aliphatic heterocycles. The average Bonchev–Trinajstić information content (AvgIpc) is 2.60. The van der Waals surface area contributed by atoms with E-state index in [9.17, 15) is 18.0 Å². The molecule has 0 heterocycles. The summed E-state index contributed by atoms with van der Waals surface area (Å²) >= 11 is 5.98. The number of benzene rings is 2. The van der Waals surface area contributed by atoms with Crippen LogP contribution in [0.15, 0.2) is 35.2 Å². The lowest BCUT2D eigenvalue weighted by molar-refractivity contribution is -0.119. The van der Waals surface area contributed by atoms with Crippen molar-refractivity contribution in [2.75, 3.05) is 26.0 Å². The number of anilines is 1. The van der Waals surface area contributed by atoms with Crippen molar-refractivity contribution in [3.63, 3.8) is 0 Å². The van der Waals surface area contributed by atoms with Gasteiger partial charge in [0.2, 0.25) is 10.0 Å². The van der Waals surface area contributed by atoms with E-state index >= 15 is 0 Å². The molecule has 0 bridgehead atoms. The molecule has 0 aliphatic rings. The number of hydrogen-bond acceptors (Lipinski definition) is 5. The Morgan fingerprint density at radius 2 is 1.66 bits per heavy atom. The molecule has 0 unspecified atom stereocenters. The number of halogens is 1. The van der Waals surface area contributed by atoms with E-state index in [1.165, 1.54) is 32.3 Å². The predicted molar refractivity (Wildman–Crippen MR) is 112 cm³/mol. The van der Waals surface area contributed by atoms with Crippen LogP contribution in [0.4, 0.5) is 5.69 Å². The van der Waals surface area contributed by atoms with E-state index in [2.05, 4.69) is 5.32 Å². The van der Waals surface area contributed by atoms with Crippen molar-refractivity contribution in [2.45, 2.75) is 25.7 Å². The fourth-order valence-electron chi connectivity index (χ4n) is 2.88. The van der Waals surface area contributed by atoms with Crippen LogP contribution < -0.4 is 5.32 Å². The number of sulfonamides is 1. The van der Waals surface area contributed by atoms with Gasteiger partial charge in [-0.1, -0.05) is 29.3 Å². The van der Waals surface area contributed by atoms with Gasteiger partial charge in [-0.2, -0.15) is 0 Å². The van der Waals surface area contributed by atoms with Crippen molar-refractivity contribution in [1.82, 2.24) is 4.31 Å². The molecular formula is C20H23ClN2O5S. The molecule has 1 N–H and O–H groups in total. The molecule has 2 rings (SSSR count). The summed E-state index contributed by atoms with van der Waals surface area (Å²) in [6, 6.07) is 7.82. The number of amides is 1. The zero-order valence-electron chi connectivity index (χ0n) is 16.9. The van der Waals surface area contributed by atoms with Crippen molar-refractivity contribution >= 4 is 39.2 Å². The summed E-state index contributed by atoms with van der Waals surface area (Å²) in [5.74, 6) is -1.20. The van der Waals surface area contributed by atoms with Crippen LogP contribution in [-0.2, 0) is 19.6 Å². The number of carbonyl (C=O) groups is 2. The average molecular weight is 439 g/mol. The van der Waals surface area contributed by atoms with Crippen molar-refractivity contribution in [2.24, 2.45) is 0 Å². The van der Waals surface area contributed by atoms with E-state index in [0.717, 1.165) is 21.0 Å². The van der Waals surface area contributed by atoms with Gasteiger partial charge in [-0.05, 0) is 50.1 Å². The number of aryl methyl sites for hydroxylation is 3. The molecule has 1 amide bonds. The molecule has 2 aromatic carbocycles. The molecule has 0 saturated carbocycles. The second-order valence-electron chi connectivity index (χ2n) is 6.83. The Morgan fingerprint density at radius 1 is 1.07 bits per heavy atom. The Balaban J connectivity index is 2.10. The molecule has 0 aromatic heterocycles. The highest BCUT2D eigenvalue weighted by molar-refractivity contribution is 7.89. The number of rotatable bonds is 6. The van der Waals surface area contributed by atoms with Gasteiger partial charge in [0.05, 0.1) is 10.6 Å². The highest BCUT2D eigenvalue weighted by Crippen LogP contribution is 2.27. The van der Waals surface area contributed by atoms with Gasteiger partial charge >= 0.3 is 5.97 Å². The topological polar surface area (TPSA) is 92.8 Å². The van der Waals surface area contributed by atoms with Gasteiger partial charge in [0, 0.05) is 19.8 Å². The maximum absolute atomic E-state index is 12.4. The molecule has 29 heavy (non-hydrogen) atoms. The smallest absolute Gasteiger partial charge is 0.339 e. The molecule has 0 saturated heterocycles. The van der Waals surface area contributed by atoms with E-state index in [1.807, 2.05) is 19.1 Å². The number of nitrogens with zero attached hydrogens (tertiary/aromatic N) is 1. The van der Waals surface area contributed by atoms with Gasteiger partial charge in [-0.15, -0.1) is 0 Å². The molecule has 0 spiro atoms. The highest BCUT2D eigenvalue weighted by Gasteiger charge is 2.22. The second kappa shape index (κ2) is 8.94. The van der Waals surface area contributed by atoms with Gasteiger partial charge < -0.3 is 10.1 Å². The maximum atomic E-state index is 12.4. The van der Waals surface area contributed by atoms with Crippen LogP contribution in [0.5, 0.6) is 0 Å². The zero-order chi connectivity index (χ0) is 21.9. The minimum atomic E-state index is -3.78. The van der Waals surface area contributed by atoms with E-state index in [1.54, 1.807) is 13.8 Å². The van der Waals surface area contributed by atoms with Crippen molar-refractivity contribution < 1.29 is 22.7 Å². The summed E-state index contributed by atoms with van der Waals surface area (Å²) in [5, 5.41) is 2.54. The Morgan fingerprint density at radius 3 is 2.21 bits per heavy atom. The molecule has 0 radical (unpaired) electrons. The first-order chi connectivity index (χ1) is 13.4. The highest BCUT2D eigenvalue weighted by atomic mass is 35.5. The molecule has 0 fully saturated rings. The second-order valence-corrected chi connectivity index (χ2v) is 9.36. The number of ether oxygens (including phenoxy) is 1. The minimum Gasteiger partial charge on any atom is -0.452 e. The van der Waals surface area contributed by atoms with Crippen LogP contribution in [0.25, 0.3) is 0 Å². The third-order valence-corrected chi connectivity index (χ3v) is 6.49. The lowest BCUT2D eigenvalue weighted by Gasteiger charge is -2.14. The number of esters is 1. The fraction of sp³-hybridized carbons (Fsp3) is 0.300. The summed E-state index contributed by atoms with van der Waals surface area (Å²) in [6.07, 6.45) is 0. The SMILES string of the molecule is Cc1cc(C)c(C(=O)OCC(=O)Nc2ccc(Cl)c(S(=O)(=O)N(C)C)c2)c(C)c1. The summed E-state index contributed by atoms with van der Waals surface area (Å²) in [6.45, 7) is 5.03. The van der Waals surface area contributed by atoms with Crippen molar-refractivity contribution in [1.29, 1.82) is 0 Å². The standard InChI is InChI=1S/C20H23ClN2O5S/c1-12-8-13(2)19(14(3)9-12)20(25)28-11-18(24)22-15-6-7-16(21)17(10-15)29(26,27)23(4)5/h6-10H,11H2,1-5H3,(H,22,24). The third-order valence-electron chi connectivity index (χ3n) is 4.19. The van der Waals surface area contributed by atoms with E-state index < -0.39 is 28.5 Å². The first-order valence-electron chi connectivity index (χ1n) is 8.70. The summed E-state index contributed by atoms with van der Waals surface area (Å²) in [7, 11) is -1.02. The van der Waals surface area contributed by atoms with Gasteiger partial charge in [0.1, 0.15) is 4.90 Å². The van der Waals surface area contributed by atoms with E-state index in [0.29, 0.717) is 5.56 Å². The Hall–Kier alpha value is -2.42. The quantitative estimate of drug-likeness (QED) is 0.698. The maximum Gasteiger partial charge on any atom is 0.339 e. The van der Waals surface area contributed by atoms with Crippen LogP contribution in [0, 0.1) is 20.8 Å². The predicted octanol–water partition coefficient (Wildman–Crippen LogP) is 3.31. The third kappa shape index (κ3) is 5.35. The van der Waals surface area contributed by atoms with E-state index in [4.69, 9.17) is 16.3 Å². The van der Waals surface area contributed by atoms with Crippen LogP contribution in [0.1, 0.15) is 27.0 Å². The number of nitrogens with one attached hydrogen (secondary N) is 1. The van der Waals surface area contributed by atoms with Crippen molar-refractivity contribution in [3.8, 4) is 0 Å². The first-order valence-corrected chi connectivity index (χ1v) is 10.5. The Kier molecular flexibility index (Phi) is 7.05. The fourth-order valence-corrected chi connectivity index (χ4v) is 4.27. The van der Waals surface area contributed by atoms with Gasteiger partial charge in [-0.3, -0.25) is 4.79 Å². The number of hydrogen-bond donors (Lipinski definition) is 1. The number of carbonyl (C=O) groups excluding carboxylic acids is 2. The molecule has 0 atom stereocenters. The Labute approximate surface area is 175 Å². The van der Waals surface area contributed by atoms with Crippen LogP contribution >= 0.6 is 11.6 Å². The lowest BCUT2D eigenvalue weighted by Crippen LogP contribution is -2.24. The largest absolute Gasteiger partial charge is 0.452 e. The summed E-state index contributed by atoms with van der Waals surface area (Å²) in [5.41, 5.74) is 3.21. The monoisotopic (exact) mass is 438 g/mol. The van der Waals surface area contributed by atoms with Gasteiger partial charge in [0.15, 0.2) is 6.61 Å². The molecule has 9 heteroatoms. The normalized spacial score (nSPS) is 11.4. The molecule has 0 aliphatic carbocycles. The van der Waals surface area contributed by atoms with E-state index in [-0.39, 0.29) is 15.6 Å². The molecule has 2 aromatic rings. The Bertz CT molecular complexity index is 1040. The van der Waals surface area contributed by atoms with Gasteiger partial charge in [0.25, 0.3) is 5.91 Å². The van der Waals surface area contributed by atoms with Crippen LogP contribution in [-0.4, -0.2) is 45.3 Å².